The van der Waals surface area contributed by atoms with Crippen LogP contribution in [0.3, 0.4) is 0 Å². The van der Waals surface area contributed by atoms with E-state index in [0.29, 0.717) is 6.54 Å². The van der Waals surface area contributed by atoms with Gasteiger partial charge < -0.3 is 10.1 Å². The molecule has 3 fully saturated rings. The van der Waals surface area contributed by atoms with Gasteiger partial charge in [-0.2, -0.15) is 0 Å². The fraction of sp³-hybridized carbons (Fsp3) is 0.409. The van der Waals surface area contributed by atoms with Gasteiger partial charge in [0.15, 0.2) is 0 Å². The second kappa shape index (κ2) is 6.75. The Hall–Kier alpha value is -2.11. The summed E-state index contributed by atoms with van der Waals surface area (Å²) in [5.41, 5.74) is 3.13. The fourth-order valence-corrected chi connectivity index (χ4v) is 5.08. The normalized spacial score (nSPS) is 29.6. The maximum atomic E-state index is 13.4. The maximum absolute atomic E-state index is 13.4. The number of hydrogen-bond acceptors (Lipinski definition) is 3. The van der Waals surface area contributed by atoms with Gasteiger partial charge in [-0.05, 0) is 42.3 Å². The van der Waals surface area contributed by atoms with Crippen LogP contribution in [0, 0.1) is 5.82 Å². The van der Waals surface area contributed by atoms with Crippen LogP contribution >= 0.6 is 12.4 Å². The first-order valence-electron chi connectivity index (χ1n) is 9.55. The van der Waals surface area contributed by atoms with Gasteiger partial charge in [0.05, 0.1) is 6.04 Å². The summed E-state index contributed by atoms with van der Waals surface area (Å²) in [5.74, 6) is -0.275. The molecule has 6 heteroatoms. The van der Waals surface area contributed by atoms with Gasteiger partial charge in [0, 0.05) is 31.3 Å². The number of nitrogens with zero attached hydrogens (tertiary/aromatic N) is 1. The lowest BCUT2D eigenvalue weighted by molar-refractivity contribution is -0.222. The number of halogens is 2. The second-order valence-electron chi connectivity index (χ2n) is 8.21. The Morgan fingerprint density at radius 1 is 1.14 bits per heavy atom. The number of hydrogen-bond donors (Lipinski definition) is 1. The van der Waals surface area contributed by atoms with Crippen molar-refractivity contribution >= 4 is 18.5 Å². The van der Waals surface area contributed by atoms with Gasteiger partial charge in [-0.3, -0.25) is 4.90 Å². The minimum atomic E-state index is -0.287. The number of carbonyl (C=O) groups is 1. The van der Waals surface area contributed by atoms with Crippen LogP contribution in [0.2, 0.25) is 0 Å². The molecule has 2 aromatic rings. The Labute approximate surface area is 170 Å². The molecule has 0 unspecified atom stereocenters. The molecule has 0 saturated heterocycles. The monoisotopic (exact) mass is 402 g/mol. The molecule has 4 nitrogen and oxygen atoms in total. The molecular weight excluding hydrogens is 379 g/mol. The Balaban J connectivity index is 0.00000192. The third kappa shape index (κ3) is 2.88. The standard InChI is InChI=1S/C22H23FN2O2.ClH/c1-24-21-12-22(13-21,14-21)27-20(26)25-11-10-15-4-2-3-5-18(15)19(25)16-6-8-17(23)9-7-16;/h2-9,19,24H,10-14H2,1H3;1H/t19-,21?,22?;/m0./s1. The molecule has 3 saturated carbocycles. The Bertz CT molecular complexity index is 882. The highest BCUT2D eigenvalue weighted by molar-refractivity contribution is 5.85. The van der Waals surface area contributed by atoms with Gasteiger partial charge in [-0.15, -0.1) is 12.4 Å². The molecule has 148 valence electrons. The minimum absolute atomic E-state index is 0. The van der Waals surface area contributed by atoms with Crippen LogP contribution in [0.25, 0.3) is 0 Å². The predicted molar refractivity (Wildman–Crippen MR) is 107 cm³/mol. The summed E-state index contributed by atoms with van der Waals surface area (Å²) >= 11 is 0. The summed E-state index contributed by atoms with van der Waals surface area (Å²) in [7, 11) is 1.97. The molecule has 28 heavy (non-hydrogen) atoms. The molecule has 1 heterocycles. The van der Waals surface area contributed by atoms with Crippen molar-refractivity contribution in [1.29, 1.82) is 0 Å². The van der Waals surface area contributed by atoms with Gasteiger partial charge in [-0.25, -0.2) is 9.18 Å². The lowest BCUT2D eigenvalue weighted by Gasteiger charge is -2.68. The van der Waals surface area contributed by atoms with Crippen molar-refractivity contribution in [2.24, 2.45) is 0 Å². The number of rotatable bonds is 3. The van der Waals surface area contributed by atoms with Crippen molar-refractivity contribution in [3.8, 4) is 0 Å². The van der Waals surface area contributed by atoms with E-state index in [1.54, 1.807) is 12.1 Å². The van der Waals surface area contributed by atoms with E-state index in [1.807, 2.05) is 24.1 Å². The van der Waals surface area contributed by atoms with Crippen molar-refractivity contribution < 1.29 is 13.9 Å². The summed E-state index contributed by atoms with van der Waals surface area (Å²) in [5, 5.41) is 3.33. The minimum Gasteiger partial charge on any atom is -0.443 e. The molecule has 1 atom stereocenters. The summed E-state index contributed by atoms with van der Waals surface area (Å²) in [6.45, 7) is 0.602. The molecule has 3 aliphatic carbocycles. The number of carbonyl (C=O) groups excluding carboxylic acids is 1. The average Bonchev–Trinajstić information content (AvgIpc) is 2.63. The predicted octanol–water partition coefficient (Wildman–Crippen LogP) is 4.23. The van der Waals surface area contributed by atoms with E-state index in [2.05, 4.69) is 17.4 Å². The van der Waals surface area contributed by atoms with Gasteiger partial charge >= 0.3 is 6.09 Å². The SMILES string of the molecule is CNC12CC(OC(=O)N3CCc4ccccc4[C@@H]3c3ccc(F)cc3)(C1)C2.Cl. The average molecular weight is 403 g/mol. The molecule has 0 spiro atoms. The zero-order valence-electron chi connectivity index (χ0n) is 15.8. The van der Waals surface area contributed by atoms with Crippen LogP contribution in [-0.4, -0.2) is 35.7 Å². The molecule has 0 radical (unpaired) electrons. The highest BCUT2D eigenvalue weighted by Gasteiger charge is 2.70. The van der Waals surface area contributed by atoms with E-state index in [1.165, 1.54) is 17.7 Å². The van der Waals surface area contributed by atoms with Gasteiger partial charge in [-0.1, -0.05) is 36.4 Å². The summed E-state index contributed by atoms with van der Waals surface area (Å²) in [4.78, 5) is 14.9. The number of amides is 1. The molecular formula is C22H24ClFN2O2. The maximum Gasteiger partial charge on any atom is 0.411 e. The second-order valence-corrected chi connectivity index (χ2v) is 8.21. The van der Waals surface area contributed by atoms with E-state index < -0.39 is 0 Å². The van der Waals surface area contributed by atoms with E-state index in [-0.39, 0.29) is 41.5 Å². The Morgan fingerprint density at radius 3 is 2.50 bits per heavy atom. The van der Waals surface area contributed by atoms with Crippen molar-refractivity contribution in [2.45, 2.75) is 42.9 Å². The number of benzene rings is 2. The highest BCUT2D eigenvalue weighted by Crippen LogP contribution is 2.62. The van der Waals surface area contributed by atoms with Crippen LogP contribution < -0.4 is 5.32 Å². The molecule has 1 aliphatic heterocycles. The highest BCUT2D eigenvalue weighted by atomic mass is 35.5. The first-order valence-corrected chi connectivity index (χ1v) is 9.55. The topological polar surface area (TPSA) is 41.6 Å². The van der Waals surface area contributed by atoms with Crippen molar-refractivity contribution in [1.82, 2.24) is 10.2 Å². The summed E-state index contributed by atoms with van der Waals surface area (Å²) in [6.07, 6.45) is 3.23. The number of fused-ring (bicyclic) bond motifs is 1. The first-order chi connectivity index (χ1) is 13.0. The quantitative estimate of drug-likeness (QED) is 0.835. The van der Waals surface area contributed by atoms with E-state index in [0.717, 1.165) is 36.8 Å². The van der Waals surface area contributed by atoms with Crippen LogP contribution in [0.15, 0.2) is 48.5 Å². The molecule has 6 rings (SSSR count). The number of ether oxygens (including phenoxy) is 1. The summed E-state index contributed by atoms with van der Waals surface area (Å²) in [6, 6.07) is 14.4. The van der Waals surface area contributed by atoms with Gasteiger partial charge in [0.2, 0.25) is 0 Å². The van der Waals surface area contributed by atoms with Crippen molar-refractivity contribution in [2.75, 3.05) is 13.6 Å². The summed E-state index contributed by atoms with van der Waals surface area (Å²) < 4.78 is 19.4. The molecule has 0 aromatic heterocycles. The van der Waals surface area contributed by atoms with E-state index in [9.17, 15) is 9.18 Å². The third-order valence-corrected chi connectivity index (χ3v) is 6.52. The smallest absolute Gasteiger partial charge is 0.411 e. The third-order valence-electron chi connectivity index (χ3n) is 6.52. The van der Waals surface area contributed by atoms with Crippen LogP contribution in [-0.2, 0) is 11.2 Å². The first kappa shape index (κ1) is 19.2. The van der Waals surface area contributed by atoms with Crippen molar-refractivity contribution in [3.63, 3.8) is 0 Å². The van der Waals surface area contributed by atoms with E-state index >= 15 is 0 Å². The fourth-order valence-electron chi connectivity index (χ4n) is 5.08. The number of nitrogens with one attached hydrogen (secondary N) is 1. The van der Waals surface area contributed by atoms with E-state index in [4.69, 9.17) is 4.74 Å². The largest absolute Gasteiger partial charge is 0.443 e. The Kier molecular flexibility index (Phi) is 4.63. The zero-order chi connectivity index (χ0) is 18.6. The Morgan fingerprint density at radius 2 is 1.82 bits per heavy atom. The van der Waals surface area contributed by atoms with Gasteiger partial charge in [0.1, 0.15) is 11.4 Å². The molecule has 1 amide bonds. The molecule has 2 bridgehead atoms. The van der Waals surface area contributed by atoms with Crippen LogP contribution in [0.1, 0.15) is 42.0 Å². The van der Waals surface area contributed by atoms with Crippen LogP contribution in [0.5, 0.6) is 0 Å². The molecule has 1 N–H and O–H groups in total. The van der Waals surface area contributed by atoms with Gasteiger partial charge in [0.25, 0.3) is 0 Å². The van der Waals surface area contributed by atoms with Crippen molar-refractivity contribution in [3.05, 3.63) is 71.0 Å². The lowest BCUT2D eigenvalue weighted by atomic mass is 9.46. The zero-order valence-corrected chi connectivity index (χ0v) is 16.6. The lowest BCUT2D eigenvalue weighted by Crippen LogP contribution is -2.78. The molecule has 2 aromatic carbocycles. The molecule has 4 aliphatic rings. The van der Waals surface area contributed by atoms with Crippen LogP contribution in [0.4, 0.5) is 9.18 Å².